The summed E-state index contributed by atoms with van der Waals surface area (Å²) >= 11 is 0. The first-order chi connectivity index (χ1) is 8.95. The monoisotopic (exact) mass is 261 g/mol. The molecule has 0 fully saturated rings. The van der Waals surface area contributed by atoms with E-state index in [9.17, 15) is 14.4 Å². The van der Waals surface area contributed by atoms with Gasteiger partial charge < -0.3 is 9.64 Å². The fourth-order valence-corrected chi connectivity index (χ4v) is 2.23. The molecule has 0 N–H and O–H groups in total. The van der Waals surface area contributed by atoms with Gasteiger partial charge in [-0.05, 0) is 30.7 Å². The number of nitrogens with zero attached hydrogens (tertiary/aromatic N) is 1. The first-order valence-electron chi connectivity index (χ1n) is 5.97. The van der Waals surface area contributed by atoms with Gasteiger partial charge in [0.1, 0.15) is 6.42 Å². The minimum Gasteiger partial charge on any atom is -0.469 e. The summed E-state index contributed by atoms with van der Waals surface area (Å²) in [5.41, 5.74) is 2.06. The maximum atomic E-state index is 11.9. The lowest BCUT2D eigenvalue weighted by Gasteiger charge is -2.10. The Morgan fingerprint density at radius 2 is 2.05 bits per heavy atom. The molecule has 1 atom stereocenters. The Kier molecular flexibility index (Phi) is 3.38. The first kappa shape index (κ1) is 13.3. The third-order valence-electron chi connectivity index (χ3n) is 3.41. The number of methoxy groups -OCH3 is 1. The molecule has 0 spiro atoms. The van der Waals surface area contributed by atoms with E-state index in [1.54, 1.807) is 37.1 Å². The smallest absolute Gasteiger partial charge is 0.313 e. The lowest BCUT2D eigenvalue weighted by molar-refractivity contribution is -0.139. The van der Waals surface area contributed by atoms with Crippen molar-refractivity contribution in [3.8, 4) is 0 Å². The van der Waals surface area contributed by atoms with Crippen molar-refractivity contribution >= 4 is 23.3 Å². The number of anilines is 1. The third kappa shape index (κ3) is 2.23. The van der Waals surface area contributed by atoms with Gasteiger partial charge in [-0.15, -0.1) is 0 Å². The second-order valence-corrected chi connectivity index (χ2v) is 4.57. The number of fused-ring (bicyclic) bond motifs is 1. The van der Waals surface area contributed by atoms with E-state index in [0.29, 0.717) is 5.56 Å². The molecule has 1 aromatic carbocycles. The number of benzene rings is 1. The average molecular weight is 261 g/mol. The Labute approximate surface area is 111 Å². The Balaban J connectivity index is 2.30. The number of rotatable bonds is 3. The maximum Gasteiger partial charge on any atom is 0.313 e. The maximum absolute atomic E-state index is 11.9. The zero-order valence-electron chi connectivity index (χ0n) is 11.1. The van der Waals surface area contributed by atoms with Gasteiger partial charge >= 0.3 is 5.97 Å². The third-order valence-corrected chi connectivity index (χ3v) is 3.41. The van der Waals surface area contributed by atoms with Crippen molar-refractivity contribution in [2.24, 2.45) is 0 Å². The normalized spacial score (nSPS) is 17.3. The minimum atomic E-state index is -0.563. The first-order valence-corrected chi connectivity index (χ1v) is 5.97. The van der Waals surface area contributed by atoms with Crippen LogP contribution in [-0.2, 0) is 14.3 Å². The topological polar surface area (TPSA) is 63.7 Å². The predicted octanol–water partition coefficient (Wildman–Crippen LogP) is 1.51. The van der Waals surface area contributed by atoms with Gasteiger partial charge in [-0.1, -0.05) is 0 Å². The van der Waals surface area contributed by atoms with Gasteiger partial charge in [0, 0.05) is 18.3 Å². The summed E-state index contributed by atoms with van der Waals surface area (Å²) < 4.78 is 4.47. The molecular formula is C14H15NO4. The highest BCUT2D eigenvalue weighted by atomic mass is 16.5. The highest BCUT2D eigenvalue weighted by molar-refractivity contribution is 6.08. The second-order valence-electron chi connectivity index (χ2n) is 4.57. The number of ketones is 1. The van der Waals surface area contributed by atoms with Crippen LogP contribution in [0.3, 0.4) is 0 Å². The number of hydrogen-bond acceptors (Lipinski definition) is 4. The van der Waals surface area contributed by atoms with Crippen LogP contribution in [0, 0.1) is 0 Å². The van der Waals surface area contributed by atoms with Gasteiger partial charge in [-0.25, -0.2) is 0 Å². The summed E-state index contributed by atoms with van der Waals surface area (Å²) in [5, 5.41) is 0. The Morgan fingerprint density at radius 1 is 1.37 bits per heavy atom. The van der Waals surface area contributed by atoms with Gasteiger partial charge in [0.25, 0.3) is 0 Å². The molecule has 5 nitrogen and oxygen atoms in total. The van der Waals surface area contributed by atoms with Gasteiger partial charge in [0.2, 0.25) is 5.91 Å². The fourth-order valence-electron chi connectivity index (χ4n) is 2.23. The van der Waals surface area contributed by atoms with E-state index >= 15 is 0 Å². The van der Waals surface area contributed by atoms with Crippen LogP contribution in [0.1, 0.15) is 35.2 Å². The molecule has 100 valence electrons. The van der Waals surface area contributed by atoms with Crippen molar-refractivity contribution in [3.05, 3.63) is 29.3 Å². The molecule has 1 unspecified atom stereocenters. The van der Waals surface area contributed by atoms with Crippen LogP contribution in [-0.4, -0.2) is 31.8 Å². The molecule has 19 heavy (non-hydrogen) atoms. The molecule has 1 aliphatic rings. The number of ether oxygens (including phenoxy) is 1. The summed E-state index contributed by atoms with van der Waals surface area (Å²) in [5.74, 6) is -1.12. The van der Waals surface area contributed by atoms with E-state index < -0.39 is 5.97 Å². The minimum absolute atomic E-state index is 0.00701. The highest BCUT2D eigenvalue weighted by Crippen LogP contribution is 2.36. The van der Waals surface area contributed by atoms with E-state index in [0.717, 1.165) is 11.3 Å². The van der Waals surface area contributed by atoms with Crippen molar-refractivity contribution in [3.63, 3.8) is 0 Å². The van der Waals surface area contributed by atoms with Crippen molar-refractivity contribution in [1.29, 1.82) is 0 Å². The van der Waals surface area contributed by atoms with Crippen LogP contribution in [0.4, 0.5) is 5.69 Å². The molecular weight excluding hydrogens is 246 g/mol. The number of esters is 1. The molecule has 1 amide bonds. The van der Waals surface area contributed by atoms with Crippen molar-refractivity contribution in [2.75, 3.05) is 19.1 Å². The van der Waals surface area contributed by atoms with E-state index in [2.05, 4.69) is 4.74 Å². The fraction of sp³-hybridized carbons (Fsp3) is 0.357. The largest absolute Gasteiger partial charge is 0.469 e. The van der Waals surface area contributed by atoms with E-state index in [1.165, 1.54) is 7.11 Å². The van der Waals surface area contributed by atoms with Gasteiger partial charge in [0.05, 0.1) is 13.0 Å². The summed E-state index contributed by atoms with van der Waals surface area (Å²) in [7, 11) is 2.95. The lowest BCUT2D eigenvalue weighted by atomic mass is 9.98. The number of hydrogen-bond donors (Lipinski definition) is 0. The molecule has 0 saturated heterocycles. The average Bonchev–Trinajstić information content (AvgIpc) is 2.63. The van der Waals surface area contributed by atoms with E-state index in [1.807, 2.05) is 0 Å². The molecule has 0 radical (unpaired) electrons. The summed E-state index contributed by atoms with van der Waals surface area (Å²) in [6.45, 7) is 1.80. The lowest BCUT2D eigenvalue weighted by Crippen LogP contribution is -2.22. The number of likely N-dealkylation sites (N-methyl/N-ethyl adjacent to an activating group) is 1. The zero-order valence-corrected chi connectivity index (χ0v) is 11.1. The summed E-state index contributed by atoms with van der Waals surface area (Å²) in [6, 6.07) is 5.06. The Bertz CT molecular complexity index is 565. The van der Waals surface area contributed by atoms with Crippen molar-refractivity contribution in [1.82, 2.24) is 0 Å². The van der Waals surface area contributed by atoms with Crippen LogP contribution >= 0.6 is 0 Å². The van der Waals surface area contributed by atoms with Crippen LogP contribution in [0.2, 0.25) is 0 Å². The Morgan fingerprint density at radius 3 is 2.68 bits per heavy atom. The van der Waals surface area contributed by atoms with E-state index in [-0.39, 0.29) is 24.0 Å². The van der Waals surface area contributed by atoms with Crippen LogP contribution in [0.25, 0.3) is 0 Å². The second kappa shape index (κ2) is 4.84. The molecule has 0 aromatic heterocycles. The van der Waals surface area contributed by atoms with Crippen molar-refractivity contribution in [2.45, 2.75) is 19.3 Å². The Hall–Kier alpha value is -2.17. The van der Waals surface area contributed by atoms with Crippen molar-refractivity contribution < 1.29 is 19.1 Å². The predicted molar refractivity (Wildman–Crippen MR) is 69.2 cm³/mol. The van der Waals surface area contributed by atoms with Gasteiger partial charge in [-0.2, -0.15) is 0 Å². The van der Waals surface area contributed by atoms with Crippen LogP contribution < -0.4 is 4.90 Å². The molecule has 0 bridgehead atoms. The summed E-state index contributed by atoms with van der Waals surface area (Å²) in [4.78, 5) is 36.4. The summed E-state index contributed by atoms with van der Waals surface area (Å²) in [6.07, 6.45) is -0.284. The zero-order chi connectivity index (χ0) is 14.2. The molecule has 0 saturated carbocycles. The van der Waals surface area contributed by atoms with E-state index in [4.69, 9.17) is 0 Å². The quantitative estimate of drug-likeness (QED) is 0.470. The SMILES string of the molecule is COC(=O)CC(=O)c1ccc2c(c1)C(C)C(=O)N2C. The number of Topliss-reactive ketones (excluding diaryl/α,β-unsaturated/α-hetero) is 1. The number of carbonyl (C=O) groups excluding carboxylic acids is 3. The molecule has 1 aromatic rings. The molecule has 2 rings (SSSR count). The molecule has 1 aliphatic heterocycles. The number of carbonyl (C=O) groups is 3. The molecule has 1 heterocycles. The van der Waals surface area contributed by atoms with Gasteiger partial charge in [-0.3, -0.25) is 14.4 Å². The molecule has 0 aliphatic carbocycles. The highest BCUT2D eigenvalue weighted by Gasteiger charge is 2.32. The van der Waals surface area contributed by atoms with Crippen LogP contribution in [0.15, 0.2) is 18.2 Å². The van der Waals surface area contributed by atoms with Gasteiger partial charge in [0.15, 0.2) is 5.78 Å². The number of amides is 1. The van der Waals surface area contributed by atoms with Crippen LogP contribution in [0.5, 0.6) is 0 Å². The standard InChI is InChI=1S/C14H15NO4/c1-8-10-6-9(12(16)7-13(17)19-3)4-5-11(10)15(2)14(8)18/h4-6,8H,7H2,1-3H3. The molecule has 5 heteroatoms.